The van der Waals surface area contributed by atoms with Gasteiger partial charge in [0.1, 0.15) is 11.5 Å². The molecule has 0 aliphatic heterocycles. The molecule has 1 aromatic carbocycles. The number of benzene rings is 1. The van der Waals surface area contributed by atoms with Crippen LogP contribution in [0.4, 0.5) is 0 Å². The van der Waals surface area contributed by atoms with Crippen molar-refractivity contribution in [2.24, 2.45) is 5.41 Å². The summed E-state index contributed by atoms with van der Waals surface area (Å²) in [5, 5.41) is 0. The molecule has 1 aliphatic carbocycles. The van der Waals surface area contributed by atoms with E-state index in [9.17, 15) is 0 Å². The lowest BCUT2D eigenvalue weighted by Crippen LogP contribution is -2.10. The fourth-order valence-corrected chi connectivity index (χ4v) is 1.63. The molecule has 0 N–H and O–H groups in total. The summed E-state index contributed by atoms with van der Waals surface area (Å²) in [5.41, 5.74) is 1.52. The zero-order valence-electron chi connectivity index (χ0n) is 10.2. The molecule has 84 valence electrons. The second-order valence-electron chi connectivity index (χ2n) is 5.05. The minimum Gasteiger partial charge on any atom is -0.458 e. The van der Waals surface area contributed by atoms with Crippen LogP contribution >= 0.6 is 0 Å². The predicted octanol–water partition coefficient (Wildman–Crippen LogP) is 4.24. The Bertz CT molecular complexity index is 421. The van der Waals surface area contributed by atoms with E-state index in [1.165, 1.54) is 5.56 Å². The molecule has 0 fully saturated rings. The van der Waals surface area contributed by atoms with E-state index in [1.54, 1.807) is 0 Å². The summed E-state index contributed by atoms with van der Waals surface area (Å²) in [6.07, 6.45) is 7.45. The third-order valence-electron chi connectivity index (χ3n) is 2.78. The maximum Gasteiger partial charge on any atom is 0.127 e. The second-order valence-corrected chi connectivity index (χ2v) is 5.05. The van der Waals surface area contributed by atoms with Crippen molar-refractivity contribution < 1.29 is 4.74 Å². The largest absolute Gasteiger partial charge is 0.458 e. The quantitative estimate of drug-likeness (QED) is 0.715. The van der Waals surface area contributed by atoms with E-state index >= 15 is 0 Å². The van der Waals surface area contributed by atoms with Crippen LogP contribution in [0.3, 0.4) is 0 Å². The van der Waals surface area contributed by atoms with Gasteiger partial charge >= 0.3 is 0 Å². The standard InChI is InChI=1S/C15H18O/c1-12-4-6-13(7-5-12)16-14-8-10-15(2,3)11-9-14/h4-10H,11H2,1-3H3. The first-order valence-corrected chi connectivity index (χ1v) is 5.69. The zero-order chi connectivity index (χ0) is 11.6. The Morgan fingerprint density at radius 3 is 2.38 bits per heavy atom. The Kier molecular flexibility index (Phi) is 2.86. The Balaban J connectivity index is 2.05. The number of rotatable bonds is 2. The molecular weight excluding hydrogens is 196 g/mol. The van der Waals surface area contributed by atoms with Crippen molar-refractivity contribution in [1.29, 1.82) is 0 Å². The molecule has 16 heavy (non-hydrogen) atoms. The monoisotopic (exact) mass is 214 g/mol. The van der Waals surface area contributed by atoms with E-state index in [1.807, 2.05) is 12.1 Å². The molecule has 0 atom stereocenters. The first kappa shape index (κ1) is 11.0. The normalized spacial score (nSPS) is 18.1. The van der Waals surface area contributed by atoms with Crippen molar-refractivity contribution in [3.63, 3.8) is 0 Å². The highest BCUT2D eigenvalue weighted by Gasteiger charge is 2.16. The Morgan fingerprint density at radius 2 is 1.81 bits per heavy atom. The topological polar surface area (TPSA) is 9.23 Å². The van der Waals surface area contributed by atoms with Crippen molar-refractivity contribution in [3.8, 4) is 5.75 Å². The lowest BCUT2D eigenvalue weighted by molar-refractivity contribution is 0.411. The summed E-state index contributed by atoms with van der Waals surface area (Å²) in [4.78, 5) is 0. The van der Waals surface area contributed by atoms with E-state index < -0.39 is 0 Å². The summed E-state index contributed by atoms with van der Waals surface area (Å²) in [7, 11) is 0. The van der Waals surface area contributed by atoms with E-state index in [0.717, 1.165) is 17.9 Å². The summed E-state index contributed by atoms with van der Waals surface area (Å²) < 4.78 is 5.78. The molecule has 0 saturated carbocycles. The lowest BCUT2D eigenvalue weighted by Gasteiger charge is -2.22. The SMILES string of the molecule is Cc1ccc(OC2=CCC(C)(C)C=C2)cc1. The lowest BCUT2D eigenvalue weighted by atomic mass is 9.86. The van der Waals surface area contributed by atoms with Gasteiger partial charge in [-0.05, 0) is 43.0 Å². The summed E-state index contributed by atoms with van der Waals surface area (Å²) in [6, 6.07) is 8.13. The molecule has 1 aromatic rings. The number of ether oxygens (including phenoxy) is 1. The van der Waals surface area contributed by atoms with E-state index in [4.69, 9.17) is 4.74 Å². The van der Waals surface area contributed by atoms with E-state index in [2.05, 4.69) is 51.1 Å². The van der Waals surface area contributed by atoms with E-state index in [0.29, 0.717) is 0 Å². The van der Waals surface area contributed by atoms with Crippen LogP contribution in [-0.4, -0.2) is 0 Å². The van der Waals surface area contributed by atoms with Crippen LogP contribution < -0.4 is 4.74 Å². The molecular formula is C15H18O. The molecule has 0 amide bonds. The van der Waals surface area contributed by atoms with Crippen molar-refractivity contribution in [1.82, 2.24) is 0 Å². The van der Waals surface area contributed by atoms with Gasteiger partial charge in [-0.3, -0.25) is 0 Å². The molecule has 0 aromatic heterocycles. The molecule has 1 nitrogen and oxygen atoms in total. The van der Waals surface area contributed by atoms with Gasteiger partial charge in [0.15, 0.2) is 0 Å². The highest BCUT2D eigenvalue weighted by molar-refractivity contribution is 5.31. The minimum atomic E-state index is 0.264. The molecule has 0 spiro atoms. The average molecular weight is 214 g/mol. The second kappa shape index (κ2) is 4.17. The van der Waals surface area contributed by atoms with Gasteiger partial charge in [0.2, 0.25) is 0 Å². The summed E-state index contributed by atoms with van der Waals surface area (Å²) in [5.74, 6) is 1.85. The van der Waals surface area contributed by atoms with Crippen LogP contribution in [0.15, 0.2) is 48.3 Å². The Morgan fingerprint density at radius 1 is 1.12 bits per heavy atom. The van der Waals surface area contributed by atoms with Crippen LogP contribution in [0, 0.1) is 12.3 Å². The highest BCUT2D eigenvalue weighted by Crippen LogP contribution is 2.29. The predicted molar refractivity (Wildman–Crippen MR) is 67.4 cm³/mol. The van der Waals surface area contributed by atoms with Crippen LogP contribution in [0.2, 0.25) is 0 Å². The van der Waals surface area contributed by atoms with Gasteiger partial charge in [-0.2, -0.15) is 0 Å². The van der Waals surface area contributed by atoms with Crippen LogP contribution in [0.25, 0.3) is 0 Å². The fraction of sp³-hybridized carbons (Fsp3) is 0.333. The number of hydrogen-bond donors (Lipinski definition) is 0. The van der Waals surface area contributed by atoms with Gasteiger partial charge in [0.05, 0.1) is 0 Å². The molecule has 1 heteroatoms. The molecule has 0 heterocycles. The number of hydrogen-bond acceptors (Lipinski definition) is 1. The van der Waals surface area contributed by atoms with Crippen LogP contribution in [-0.2, 0) is 0 Å². The molecule has 1 aliphatic rings. The van der Waals surface area contributed by atoms with E-state index in [-0.39, 0.29) is 5.41 Å². The Hall–Kier alpha value is -1.50. The van der Waals surface area contributed by atoms with Gasteiger partial charge in [0.25, 0.3) is 0 Å². The van der Waals surface area contributed by atoms with Crippen molar-refractivity contribution in [3.05, 3.63) is 53.8 Å². The molecule has 0 saturated heterocycles. The van der Waals surface area contributed by atoms with Crippen LogP contribution in [0.5, 0.6) is 5.75 Å². The summed E-state index contributed by atoms with van der Waals surface area (Å²) >= 11 is 0. The average Bonchev–Trinajstić information content (AvgIpc) is 2.24. The van der Waals surface area contributed by atoms with Crippen molar-refractivity contribution >= 4 is 0 Å². The van der Waals surface area contributed by atoms with Crippen molar-refractivity contribution in [2.75, 3.05) is 0 Å². The third kappa shape index (κ3) is 2.75. The molecule has 0 unspecified atom stereocenters. The maximum atomic E-state index is 5.78. The Labute approximate surface area is 97.4 Å². The molecule has 2 rings (SSSR count). The molecule has 0 bridgehead atoms. The van der Waals surface area contributed by atoms with Gasteiger partial charge < -0.3 is 4.74 Å². The van der Waals surface area contributed by atoms with Gasteiger partial charge in [-0.25, -0.2) is 0 Å². The molecule has 0 radical (unpaired) electrons. The van der Waals surface area contributed by atoms with Gasteiger partial charge in [0, 0.05) is 0 Å². The highest BCUT2D eigenvalue weighted by atomic mass is 16.5. The van der Waals surface area contributed by atoms with Crippen LogP contribution in [0.1, 0.15) is 25.8 Å². The first-order valence-electron chi connectivity index (χ1n) is 5.69. The van der Waals surface area contributed by atoms with Gasteiger partial charge in [-0.1, -0.05) is 37.6 Å². The summed E-state index contributed by atoms with van der Waals surface area (Å²) in [6.45, 7) is 6.53. The maximum absolute atomic E-state index is 5.78. The van der Waals surface area contributed by atoms with Crippen molar-refractivity contribution in [2.45, 2.75) is 27.2 Å². The number of aryl methyl sites for hydroxylation is 1. The first-order chi connectivity index (χ1) is 7.55. The third-order valence-corrected chi connectivity index (χ3v) is 2.78. The van der Waals surface area contributed by atoms with Gasteiger partial charge in [-0.15, -0.1) is 0 Å². The fourth-order valence-electron chi connectivity index (χ4n) is 1.63. The number of allylic oxidation sites excluding steroid dienone is 3. The minimum absolute atomic E-state index is 0.264. The zero-order valence-corrected chi connectivity index (χ0v) is 10.2. The smallest absolute Gasteiger partial charge is 0.127 e.